The van der Waals surface area contributed by atoms with E-state index in [0.29, 0.717) is 18.9 Å². The van der Waals surface area contributed by atoms with Gasteiger partial charge >= 0.3 is 5.97 Å². The molecule has 1 aliphatic heterocycles. The van der Waals surface area contributed by atoms with Crippen molar-refractivity contribution in [3.8, 4) is 0 Å². The molecule has 9 nitrogen and oxygen atoms in total. The van der Waals surface area contributed by atoms with Crippen LogP contribution in [-0.4, -0.2) is 57.7 Å². The predicted molar refractivity (Wildman–Crippen MR) is 105 cm³/mol. The van der Waals surface area contributed by atoms with Gasteiger partial charge in [-0.3, -0.25) is 9.59 Å². The number of hydrogen-bond acceptors (Lipinski definition) is 7. The van der Waals surface area contributed by atoms with E-state index in [1.54, 1.807) is 18.2 Å². The van der Waals surface area contributed by atoms with Crippen molar-refractivity contribution < 1.29 is 28.3 Å². The summed E-state index contributed by atoms with van der Waals surface area (Å²) < 4.78 is 15.2. The lowest BCUT2D eigenvalue weighted by atomic mass is 10.1. The average molecular weight is 401 g/mol. The van der Waals surface area contributed by atoms with Gasteiger partial charge in [0.1, 0.15) is 0 Å². The van der Waals surface area contributed by atoms with E-state index in [9.17, 15) is 14.4 Å². The lowest BCUT2D eigenvalue weighted by molar-refractivity contribution is -0.116. The van der Waals surface area contributed by atoms with E-state index in [1.807, 2.05) is 6.07 Å². The lowest BCUT2D eigenvalue weighted by Gasteiger charge is -2.29. The highest BCUT2D eigenvalue weighted by molar-refractivity contribution is 6.02. The van der Waals surface area contributed by atoms with Crippen molar-refractivity contribution in [3.63, 3.8) is 0 Å². The van der Waals surface area contributed by atoms with Crippen LogP contribution < -0.4 is 15.5 Å². The first kappa shape index (κ1) is 20.4. The normalized spacial score (nSPS) is 13.6. The molecule has 1 aromatic heterocycles. The monoisotopic (exact) mass is 401 g/mol. The molecular weight excluding hydrogens is 378 g/mol. The molecule has 0 aliphatic carbocycles. The Hall–Kier alpha value is -3.33. The third kappa shape index (κ3) is 5.35. The smallest absolute Gasteiger partial charge is 0.340 e. The van der Waals surface area contributed by atoms with Gasteiger partial charge in [0, 0.05) is 31.7 Å². The first-order chi connectivity index (χ1) is 14.1. The number of amides is 2. The molecule has 2 aromatic rings. The Balaban J connectivity index is 1.61. The molecule has 0 atom stereocenters. The van der Waals surface area contributed by atoms with Crippen molar-refractivity contribution in [3.05, 3.63) is 47.9 Å². The van der Waals surface area contributed by atoms with Crippen LogP contribution in [0.4, 0.5) is 11.4 Å². The minimum absolute atomic E-state index is 0.0400. The first-order valence-corrected chi connectivity index (χ1v) is 9.25. The largest absolute Gasteiger partial charge is 0.465 e. The van der Waals surface area contributed by atoms with Crippen molar-refractivity contribution in [2.45, 2.75) is 6.42 Å². The highest BCUT2D eigenvalue weighted by Crippen LogP contribution is 2.25. The Morgan fingerprint density at radius 1 is 1.17 bits per heavy atom. The highest BCUT2D eigenvalue weighted by atomic mass is 16.5. The summed E-state index contributed by atoms with van der Waals surface area (Å²) in [5, 5.41) is 5.31. The quantitative estimate of drug-likeness (QED) is 0.679. The maximum absolute atomic E-state index is 12.3. The molecule has 3 rings (SSSR count). The fraction of sp³-hybridized carbons (Fsp3) is 0.350. The summed E-state index contributed by atoms with van der Waals surface area (Å²) in [5.41, 5.74) is 1.48. The molecule has 2 heterocycles. The van der Waals surface area contributed by atoms with Gasteiger partial charge in [-0.15, -0.1) is 0 Å². The summed E-state index contributed by atoms with van der Waals surface area (Å²) >= 11 is 0. The van der Waals surface area contributed by atoms with Crippen LogP contribution in [0.25, 0.3) is 0 Å². The number of carbonyl (C=O) groups is 3. The topological polar surface area (TPSA) is 110 Å². The number of esters is 1. The maximum atomic E-state index is 12.3. The van der Waals surface area contributed by atoms with Crippen molar-refractivity contribution in [2.24, 2.45) is 0 Å². The highest BCUT2D eigenvalue weighted by Gasteiger charge is 2.18. The van der Waals surface area contributed by atoms with Crippen molar-refractivity contribution in [1.82, 2.24) is 5.32 Å². The van der Waals surface area contributed by atoms with E-state index in [4.69, 9.17) is 13.9 Å². The van der Waals surface area contributed by atoms with E-state index in [1.165, 1.54) is 19.4 Å². The lowest BCUT2D eigenvalue weighted by Crippen LogP contribution is -2.36. The SMILES string of the molecule is COC(=O)c1cc(N2CCOCC2)ccc1NC(=O)CCNC(=O)c1ccco1. The molecule has 9 heteroatoms. The van der Waals surface area contributed by atoms with Gasteiger partial charge in [-0.25, -0.2) is 4.79 Å². The van der Waals surface area contributed by atoms with Gasteiger partial charge < -0.3 is 29.4 Å². The second kappa shape index (κ2) is 9.74. The van der Waals surface area contributed by atoms with Crippen molar-refractivity contribution >= 4 is 29.2 Å². The van der Waals surface area contributed by atoms with Gasteiger partial charge in [0.05, 0.1) is 37.8 Å². The molecule has 0 unspecified atom stereocenters. The molecule has 2 N–H and O–H groups in total. The molecule has 0 saturated carbocycles. The fourth-order valence-electron chi connectivity index (χ4n) is 2.94. The van der Waals surface area contributed by atoms with Crippen LogP contribution in [0.1, 0.15) is 27.3 Å². The van der Waals surface area contributed by atoms with E-state index in [0.717, 1.165) is 18.8 Å². The van der Waals surface area contributed by atoms with Crippen molar-refractivity contribution in [2.75, 3.05) is 50.2 Å². The van der Waals surface area contributed by atoms with Crippen molar-refractivity contribution in [1.29, 1.82) is 0 Å². The number of carbonyl (C=O) groups excluding carboxylic acids is 3. The summed E-state index contributed by atoms with van der Waals surface area (Å²) in [7, 11) is 1.29. The Morgan fingerprint density at radius 2 is 1.97 bits per heavy atom. The molecule has 0 bridgehead atoms. The zero-order valence-electron chi connectivity index (χ0n) is 16.1. The number of methoxy groups -OCH3 is 1. The number of ether oxygens (including phenoxy) is 2. The summed E-state index contributed by atoms with van der Waals surface area (Å²) in [6.45, 7) is 2.82. The summed E-state index contributed by atoms with van der Waals surface area (Å²) in [6, 6.07) is 8.36. The second-order valence-corrected chi connectivity index (χ2v) is 6.35. The third-order valence-electron chi connectivity index (χ3n) is 4.44. The number of hydrogen-bond donors (Lipinski definition) is 2. The minimum atomic E-state index is -0.540. The number of morpholine rings is 1. The Labute approximate surface area is 167 Å². The zero-order valence-corrected chi connectivity index (χ0v) is 16.1. The number of benzene rings is 1. The molecule has 0 radical (unpaired) electrons. The Bertz CT molecular complexity index is 859. The fourth-order valence-corrected chi connectivity index (χ4v) is 2.94. The molecule has 0 spiro atoms. The molecule has 1 saturated heterocycles. The van der Waals surface area contributed by atoms with Crippen LogP contribution in [0, 0.1) is 0 Å². The van der Waals surface area contributed by atoms with E-state index < -0.39 is 11.9 Å². The number of anilines is 2. The molecule has 2 amide bonds. The van der Waals surface area contributed by atoms with Crippen LogP contribution in [0.3, 0.4) is 0 Å². The van der Waals surface area contributed by atoms with Crippen LogP contribution in [0.5, 0.6) is 0 Å². The summed E-state index contributed by atoms with van der Waals surface area (Å²) in [4.78, 5) is 38.4. The van der Waals surface area contributed by atoms with Gasteiger partial charge in [0.2, 0.25) is 5.91 Å². The second-order valence-electron chi connectivity index (χ2n) is 6.35. The van der Waals surface area contributed by atoms with Gasteiger partial charge in [-0.1, -0.05) is 0 Å². The van der Waals surface area contributed by atoms with E-state index in [2.05, 4.69) is 15.5 Å². The third-order valence-corrected chi connectivity index (χ3v) is 4.44. The van der Waals surface area contributed by atoms with Crippen LogP contribution in [0.2, 0.25) is 0 Å². The van der Waals surface area contributed by atoms with Gasteiger partial charge in [0.15, 0.2) is 5.76 Å². The average Bonchev–Trinajstić information content (AvgIpc) is 3.29. The van der Waals surface area contributed by atoms with E-state index >= 15 is 0 Å². The number of rotatable bonds is 7. The Kier molecular flexibility index (Phi) is 6.85. The first-order valence-electron chi connectivity index (χ1n) is 9.25. The van der Waals surface area contributed by atoms with Crippen LogP contribution >= 0.6 is 0 Å². The number of nitrogens with zero attached hydrogens (tertiary/aromatic N) is 1. The summed E-state index contributed by atoms with van der Waals surface area (Å²) in [6.07, 6.45) is 1.44. The number of furan rings is 1. The van der Waals surface area contributed by atoms with Gasteiger partial charge in [-0.2, -0.15) is 0 Å². The molecule has 1 aromatic carbocycles. The molecular formula is C20H23N3O6. The Morgan fingerprint density at radius 3 is 2.66 bits per heavy atom. The van der Waals surface area contributed by atoms with Gasteiger partial charge in [0.25, 0.3) is 5.91 Å². The summed E-state index contributed by atoms with van der Waals surface area (Å²) in [5.74, 6) is -1.10. The standard InChI is InChI=1S/C20H23N3O6/c1-27-20(26)15-13-14(23-8-11-28-12-9-23)4-5-16(15)22-18(24)6-7-21-19(25)17-3-2-10-29-17/h2-5,10,13H,6-9,11-12H2,1H3,(H,21,25)(H,22,24). The molecule has 29 heavy (non-hydrogen) atoms. The van der Waals surface area contributed by atoms with Gasteiger partial charge in [-0.05, 0) is 30.3 Å². The van der Waals surface area contributed by atoms with Crippen LogP contribution in [-0.2, 0) is 14.3 Å². The zero-order chi connectivity index (χ0) is 20.6. The number of nitrogens with one attached hydrogen (secondary N) is 2. The van der Waals surface area contributed by atoms with E-state index in [-0.39, 0.29) is 30.2 Å². The molecule has 1 fully saturated rings. The molecule has 154 valence electrons. The van der Waals surface area contributed by atoms with Crippen LogP contribution in [0.15, 0.2) is 41.0 Å². The minimum Gasteiger partial charge on any atom is -0.465 e. The predicted octanol–water partition coefficient (Wildman–Crippen LogP) is 1.66. The molecule has 1 aliphatic rings. The maximum Gasteiger partial charge on any atom is 0.340 e.